The number of carbonyl (C=O) groups excluding carboxylic acids is 1. The van der Waals surface area contributed by atoms with Crippen molar-refractivity contribution in [1.29, 1.82) is 0 Å². The highest BCUT2D eigenvalue weighted by Crippen LogP contribution is 2.19. The number of aliphatic hydroxyl groups is 1. The zero-order valence-electron chi connectivity index (χ0n) is 13.0. The third-order valence-electron chi connectivity index (χ3n) is 3.31. The van der Waals surface area contributed by atoms with Gasteiger partial charge in [0.05, 0.1) is 5.02 Å². The van der Waals surface area contributed by atoms with Gasteiger partial charge in [-0.1, -0.05) is 37.3 Å². The van der Waals surface area contributed by atoms with Crippen molar-refractivity contribution in [2.24, 2.45) is 5.92 Å². The van der Waals surface area contributed by atoms with Crippen molar-refractivity contribution < 1.29 is 9.90 Å². The maximum Gasteiger partial charge on any atom is 0.253 e. The number of rotatable bonds is 4. The predicted molar refractivity (Wildman–Crippen MR) is 86.4 cm³/mol. The molecule has 0 fully saturated rings. The van der Waals surface area contributed by atoms with Crippen LogP contribution in [0.2, 0.25) is 5.02 Å². The van der Waals surface area contributed by atoms with E-state index in [1.54, 1.807) is 23.1 Å². The van der Waals surface area contributed by atoms with Crippen molar-refractivity contribution in [2.75, 3.05) is 13.7 Å². The molecule has 1 rings (SSSR count). The Hall–Kier alpha value is -1.50. The maximum absolute atomic E-state index is 12.4. The number of benzene rings is 1. The lowest BCUT2D eigenvalue weighted by Gasteiger charge is -2.26. The van der Waals surface area contributed by atoms with Gasteiger partial charge in [-0.25, -0.2) is 0 Å². The van der Waals surface area contributed by atoms with Crippen molar-refractivity contribution in [3.8, 4) is 11.8 Å². The van der Waals surface area contributed by atoms with Gasteiger partial charge in [0.15, 0.2) is 0 Å². The molecule has 114 valence electrons. The summed E-state index contributed by atoms with van der Waals surface area (Å²) in [5.41, 5.74) is 1.16. The van der Waals surface area contributed by atoms with Crippen LogP contribution in [0.5, 0.6) is 0 Å². The van der Waals surface area contributed by atoms with Crippen LogP contribution >= 0.6 is 11.6 Å². The number of nitrogens with zero attached hydrogens (tertiary/aromatic N) is 1. The Morgan fingerprint density at radius 3 is 2.57 bits per heavy atom. The summed E-state index contributed by atoms with van der Waals surface area (Å²) in [6.07, 6.45) is 0.954. The Morgan fingerprint density at radius 2 is 2.05 bits per heavy atom. The van der Waals surface area contributed by atoms with E-state index in [0.29, 0.717) is 22.1 Å². The molecule has 0 radical (unpaired) electrons. The van der Waals surface area contributed by atoms with E-state index in [4.69, 9.17) is 16.7 Å². The SMILES string of the molecule is CC(C)CC(C)N(C)C(=O)c1ccc(C#CCO)c(Cl)c1. The molecule has 1 aromatic rings. The van der Waals surface area contributed by atoms with Crippen LogP contribution in [-0.2, 0) is 0 Å². The van der Waals surface area contributed by atoms with Gasteiger partial charge in [0.2, 0.25) is 0 Å². The average molecular weight is 308 g/mol. The van der Waals surface area contributed by atoms with Gasteiger partial charge in [-0.2, -0.15) is 0 Å². The first-order valence-electron chi connectivity index (χ1n) is 7.03. The predicted octanol–water partition coefficient (Wildman–Crippen LogP) is 3.19. The second-order valence-corrected chi connectivity index (χ2v) is 5.96. The molecule has 1 amide bonds. The number of aliphatic hydroxyl groups excluding tert-OH is 1. The van der Waals surface area contributed by atoms with Crippen LogP contribution in [0.4, 0.5) is 0 Å². The van der Waals surface area contributed by atoms with Crippen LogP contribution in [0.1, 0.15) is 43.1 Å². The Bertz CT molecular complexity index is 558. The van der Waals surface area contributed by atoms with Crippen molar-refractivity contribution in [2.45, 2.75) is 33.2 Å². The fourth-order valence-corrected chi connectivity index (χ4v) is 2.36. The molecular formula is C17H22ClNO2. The van der Waals surface area contributed by atoms with E-state index in [-0.39, 0.29) is 18.6 Å². The monoisotopic (exact) mass is 307 g/mol. The molecule has 1 unspecified atom stereocenters. The van der Waals surface area contributed by atoms with E-state index < -0.39 is 0 Å². The van der Waals surface area contributed by atoms with Crippen LogP contribution in [0.15, 0.2) is 18.2 Å². The topological polar surface area (TPSA) is 40.5 Å². The van der Waals surface area contributed by atoms with Crippen molar-refractivity contribution >= 4 is 17.5 Å². The van der Waals surface area contributed by atoms with E-state index in [0.717, 1.165) is 6.42 Å². The lowest BCUT2D eigenvalue weighted by molar-refractivity contribution is 0.0728. The molecule has 0 spiro atoms. The smallest absolute Gasteiger partial charge is 0.253 e. The quantitative estimate of drug-likeness (QED) is 0.868. The third-order valence-corrected chi connectivity index (χ3v) is 3.62. The van der Waals surface area contributed by atoms with Crippen LogP contribution in [0, 0.1) is 17.8 Å². The first-order chi connectivity index (χ1) is 9.86. The number of hydrogen-bond acceptors (Lipinski definition) is 2. The van der Waals surface area contributed by atoms with Crippen LogP contribution < -0.4 is 0 Å². The number of amides is 1. The highest BCUT2D eigenvalue weighted by molar-refractivity contribution is 6.32. The maximum atomic E-state index is 12.4. The Morgan fingerprint density at radius 1 is 1.38 bits per heavy atom. The molecule has 0 bridgehead atoms. The third kappa shape index (κ3) is 5.08. The summed E-state index contributed by atoms with van der Waals surface area (Å²) >= 11 is 6.12. The molecule has 1 aromatic carbocycles. The lowest BCUT2D eigenvalue weighted by Crippen LogP contribution is -2.35. The molecule has 3 nitrogen and oxygen atoms in total. The molecule has 0 aliphatic heterocycles. The van der Waals surface area contributed by atoms with Gasteiger partial charge in [-0.15, -0.1) is 0 Å². The molecule has 0 aromatic heterocycles. The summed E-state index contributed by atoms with van der Waals surface area (Å²) in [7, 11) is 1.81. The standard InChI is InChI=1S/C17H22ClNO2/c1-12(2)10-13(3)19(4)17(21)15-8-7-14(6-5-9-20)16(18)11-15/h7-8,11-13,20H,9-10H2,1-4H3. The average Bonchev–Trinajstić information content (AvgIpc) is 2.43. The Kier molecular flexibility index (Phi) is 6.74. The van der Waals surface area contributed by atoms with Gasteiger partial charge in [-0.05, 0) is 37.5 Å². The summed E-state index contributed by atoms with van der Waals surface area (Å²) in [5, 5.41) is 9.11. The summed E-state index contributed by atoms with van der Waals surface area (Å²) < 4.78 is 0. The van der Waals surface area contributed by atoms with Crippen molar-refractivity contribution in [3.63, 3.8) is 0 Å². The van der Waals surface area contributed by atoms with Gasteiger partial charge >= 0.3 is 0 Å². The molecule has 0 heterocycles. The molecule has 4 heteroatoms. The zero-order chi connectivity index (χ0) is 16.0. The van der Waals surface area contributed by atoms with E-state index in [1.807, 2.05) is 14.0 Å². The number of carbonyl (C=O) groups is 1. The summed E-state index contributed by atoms with van der Waals surface area (Å²) in [4.78, 5) is 14.2. The molecular weight excluding hydrogens is 286 g/mol. The molecule has 1 N–H and O–H groups in total. The summed E-state index contributed by atoms with van der Waals surface area (Å²) in [5.74, 6) is 5.78. The van der Waals surface area contributed by atoms with Crippen molar-refractivity contribution in [1.82, 2.24) is 4.90 Å². The van der Waals surface area contributed by atoms with Crippen molar-refractivity contribution in [3.05, 3.63) is 34.3 Å². The van der Waals surface area contributed by atoms with Crippen LogP contribution in [0.3, 0.4) is 0 Å². The minimum atomic E-state index is -0.216. The normalized spacial score (nSPS) is 11.8. The van der Waals surface area contributed by atoms with E-state index in [1.165, 1.54) is 0 Å². The van der Waals surface area contributed by atoms with Crippen LogP contribution in [-0.4, -0.2) is 35.6 Å². The first kappa shape index (κ1) is 17.6. The van der Waals surface area contributed by atoms with Gasteiger partial charge in [0.25, 0.3) is 5.91 Å². The summed E-state index contributed by atoms with van der Waals surface area (Å²) in [6, 6.07) is 5.22. The van der Waals surface area contributed by atoms with E-state index in [2.05, 4.69) is 25.7 Å². The Labute approximate surface area is 131 Å². The number of halogens is 1. The molecule has 0 saturated carbocycles. The molecule has 0 aliphatic rings. The fourth-order valence-electron chi connectivity index (χ4n) is 2.13. The van der Waals surface area contributed by atoms with Gasteiger partial charge in [0.1, 0.15) is 6.61 Å². The minimum absolute atomic E-state index is 0.0493. The number of hydrogen-bond donors (Lipinski definition) is 1. The van der Waals surface area contributed by atoms with E-state index >= 15 is 0 Å². The molecule has 0 aliphatic carbocycles. The fraction of sp³-hybridized carbons (Fsp3) is 0.471. The van der Waals surface area contributed by atoms with Crippen LogP contribution in [0.25, 0.3) is 0 Å². The lowest BCUT2D eigenvalue weighted by atomic mass is 10.0. The van der Waals surface area contributed by atoms with Gasteiger partial charge in [0, 0.05) is 24.2 Å². The molecule has 0 saturated heterocycles. The summed E-state index contributed by atoms with van der Waals surface area (Å²) in [6.45, 7) is 6.10. The largest absolute Gasteiger partial charge is 0.384 e. The zero-order valence-corrected chi connectivity index (χ0v) is 13.7. The van der Waals surface area contributed by atoms with Gasteiger partial charge in [-0.3, -0.25) is 4.79 Å². The van der Waals surface area contributed by atoms with Gasteiger partial charge < -0.3 is 10.0 Å². The molecule has 21 heavy (non-hydrogen) atoms. The second kappa shape index (κ2) is 8.07. The molecule has 1 atom stereocenters. The first-order valence-corrected chi connectivity index (χ1v) is 7.41. The van der Waals surface area contributed by atoms with E-state index in [9.17, 15) is 4.79 Å². The highest BCUT2D eigenvalue weighted by Gasteiger charge is 2.18. The second-order valence-electron chi connectivity index (χ2n) is 5.55. The Balaban J connectivity index is 2.90. The minimum Gasteiger partial charge on any atom is -0.384 e. The highest BCUT2D eigenvalue weighted by atomic mass is 35.5.